The average Bonchev–Trinajstić information content (AvgIpc) is 2.76. The van der Waals surface area contributed by atoms with Gasteiger partial charge in [-0.1, -0.05) is 41.9 Å². The summed E-state index contributed by atoms with van der Waals surface area (Å²) in [6.45, 7) is 0.335. The fourth-order valence-corrected chi connectivity index (χ4v) is 4.00. The minimum Gasteiger partial charge on any atom is -0.386 e. The van der Waals surface area contributed by atoms with Crippen molar-refractivity contribution >= 4 is 39.0 Å². The minimum atomic E-state index is -3.76. The molecule has 0 fully saturated rings. The third kappa shape index (κ3) is 4.57. The first-order chi connectivity index (χ1) is 15.2. The van der Waals surface area contributed by atoms with Gasteiger partial charge < -0.3 is 5.32 Å². The number of hydrogen-bond acceptors (Lipinski definition) is 5. The summed E-state index contributed by atoms with van der Waals surface area (Å²) < 4.78 is 22.7. The van der Waals surface area contributed by atoms with E-state index in [9.17, 15) is 18.0 Å². The molecule has 1 aliphatic rings. The third-order valence-electron chi connectivity index (χ3n) is 5.01. The number of primary sulfonamides is 1. The Bertz CT molecular complexity index is 1350. The number of nitrogens with one attached hydrogen (secondary N) is 2. The Labute approximate surface area is 190 Å². The zero-order chi connectivity index (χ0) is 22.9. The smallest absolute Gasteiger partial charge is 0.260 e. The Morgan fingerprint density at radius 3 is 2.19 bits per heavy atom. The number of fused-ring (bicyclic) bond motifs is 1. The van der Waals surface area contributed by atoms with Crippen LogP contribution in [0.15, 0.2) is 77.8 Å². The lowest BCUT2D eigenvalue weighted by Crippen LogP contribution is -2.37. The molecule has 3 aromatic rings. The number of amides is 2. The van der Waals surface area contributed by atoms with E-state index < -0.39 is 21.8 Å². The van der Waals surface area contributed by atoms with E-state index in [0.29, 0.717) is 28.3 Å². The highest BCUT2D eigenvalue weighted by Crippen LogP contribution is 2.30. The van der Waals surface area contributed by atoms with Crippen molar-refractivity contribution in [3.8, 4) is 11.1 Å². The highest BCUT2D eigenvalue weighted by atomic mass is 35.5. The van der Waals surface area contributed by atoms with E-state index in [1.165, 1.54) is 12.1 Å². The first-order valence-corrected chi connectivity index (χ1v) is 11.5. The van der Waals surface area contributed by atoms with Crippen molar-refractivity contribution in [2.45, 2.75) is 11.4 Å². The third-order valence-corrected chi connectivity index (χ3v) is 6.19. The quantitative estimate of drug-likeness (QED) is 0.393. The molecule has 0 aromatic heterocycles. The molecule has 4 rings (SSSR count). The van der Waals surface area contributed by atoms with Gasteiger partial charge >= 0.3 is 0 Å². The van der Waals surface area contributed by atoms with Crippen LogP contribution >= 0.6 is 11.6 Å². The Kier molecular flexibility index (Phi) is 5.84. The Hall–Kier alpha value is -3.46. The molecule has 162 valence electrons. The lowest BCUT2D eigenvalue weighted by atomic mass is 9.91. The van der Waals surface area contributed by atoms with Gasteiger partial charge in [0.25, 0.3) is 11.8 Å². The van der Waals surface area contributed by atoms with Crippen molar-refractivity contribution in [3.05, 3.63) is 94.6 Å². The lowest BCUT2D eigenvalue weighted by Gasteiger charge is -2.19. The molecular weight excluding hydrogens is 450 g/mol. The molecule has 0 saturated heterocycles. The van der Waals surface area contributed by atoms with Crippen LogP contribution in [0.5, 0.6) is 0 Å². The molecule has 0 aliphatic carbocycles. The van der Waals surface area contributed by atoms with Gasteiger partial charge in [0.1, 0.15) is 0 Å². The van der Waals surface area contributed by atoms with E-state index in [4.69, 9.17) is 16.7 Å². The van der Waals surface area contributed by atoms with Crippen LogP contribution in [-0.2, 0) is 21.4 Å². The summed E-state index contributed by atoms with van der Waals surface area (Å²) in [5, 5.41) is 11.1. The molecule has 2 amide bonds. The van der Waals surface area contributed by atoms with Gasteiger partial charge in [-0.2, -0.15) is 0 Å². The normalized spacial score (nSPS) is 14.8. The number of carbonyl (C=O) groups excluding carboxylic acids is 2. The molecule has 0 unspecified atom stereocenters. The molecule has 9 heteroatoms. The zero-order valence-electron chi connectivity index (χ0n) is 16.6. The number of halogens is 1. The number of rotatable bonds is 5. The summed E-state index contributed by atoms with van der Waals surface area (Å²) in [7, 11) is -3.76. The fourth-order valence-electron chi connectivity index (χ4n) is 3.36. The molecule has 1 aliphatic heterocycles. The summed E-state index contributed by atoms with van der Waals surface area (Å²) in [5.41, 5.74) is 3.76. The highest BCUT2D eigenvalue weighted by molar-refractivity contribution is 7.89. The summed E-state index contributed by atoms with van der Waals surface area (Å²) in [4.78, 5) is 24.8. The standard InChI is InChI=1S/C23H18ClN3O4S/c24-17-6-3-15(4-7-17)16-5-10-19-20(11-16)21(23(29)27-22(19)28)13-26-12-14-1-8-18(9-2-14)32(25,30)31/h1-11,13,26H,12H2,(H2,25,30,31)(H,27,28,29). The fraction of sp³-hybridized carbons (Fsp3) is 0.0435. The van der Waals surface area contributed by atoms with E-state index in [2.05, 4.69) is 10.6 Å². The van der Waals surface area contributed by atoms with Crippen molar-refractivity contribution in [3.63, 3.8) is 0 Å². The largest absolute Gasteiger partial charge is 0.386 e. The second-order valence-corrected chi connectivity index (χ2v) is 9.18. The molecule has 0 spiro atoms. The van der Waals surface area contributed by atoms with E-state index >= 15 is 0 Å². The number of carbonyl (C=O) groups is 2. The SMILES string of the molecule is NS(=O)(=O)c1ccc(CNC=C2C(=O)NC(=O)c3ccc(-c4ccc(Cl)cc4)cc32)cc1. The van der Waals surface area contributed by atoms with Crippen molar-refractivity contribution in [2.24, 2.45) is 5.14 Å². The lowest BCUT2D eigenvalue weighted by molar-refractivity contribution is -0.114. The van der Waals surface area contributed by atoms with Crippen molar-refractivity contribution in [1.82, 2.24) is 10.6 Å². The van der Waals surface area contributed by atoms with Crippen LogP contribution in [0.1, 0.15) is 21.5 Å². The molecule has 3 aromatic carbocycles. The van der Waals surface area contributed by atoms with Crippen LogP contribution in [0.4, 0.5) is 0 Å². The van der Waals surface area contributed by atoms with Gasteiger partial charge in [0.2, 0.25) is 10.0 Å². The maximum Gasteiger partial charge on any atom is 0.260 e. The molecule has 0 saturated carbocycles. The zero-order valence-corrected chi connectivity index (χ0v) is 18.2. The predicted molar refractivity (Wildman–Crippen MR) is 122 cm³/mol. The molecule has 0 atom stereocenters. The molecule has 4 N–H and O–H groups in total. The van der Waals surface area contributed by atoms with Gasteiger partial charge in [-0.25, -0.2) is 13.6 Å². The predicted octanol–water partition coefficient (Wildman–Crippen LogP) is 3.06. The first kappa shape index (κ1) is 21.8. The Morgan fingerprint density at radius 2 is 1.53 bits per heavy atom. The van der Waals surface area contributed by atoms with E-state index in [-0.39, 0.29) is 4.90 Å². The van der Waals surface area contributed by atoms with Gasteiger partial charge in [-0.15, -0.1) is 0 Å². The Morgan fingerprint density at radius 1 is 0.875 bits per heavy atom. The maximum atomic E-state index is 12.5. The average molecular weight is 468 g/mol. The van der Waals surface area contributed by atoms with E-state index in [0.717, 1.165) is 16.7 Å². The Balaban J connectivity index is 1.61. The van der Waals surface area contributed by atoms with Crippen molar-refractivity contribution in [1.29, 1.82) is 0 Å². The molecular formula is C23H18ClN3O4S. The minimum absolute atomic E-state index is 0.0217. The highest BCUT2D eigenvalue weighted by Gasteiger charge is 2.27. The molecule has 0 radical (unpaired) electrons. The van der Waals surface area contributed by atoms with E-state index in [1.807, 2.05) is 18.2 Å². The summed E-state index contributed by atoms with van der Waals surface area (Å²) >= 11 is 5.96. The summed E-state index contributed by atoms with van der Waals surface area (Å²) in [6, 6.07) is 18.6. The van der Waals surface area contributed by atoms with Crippen molar-refractivity contribution < 1.29 is 18.0 Å². The molecule has 32 heavy (non-hydrogen) atoms. The van der Waals surface area contributed by atoms with Crippen LogP contribution in [0.2, 0.25) is 5.02 Å². The second-order valence-electron chi connectivity index (χ2n) is 7.18. The van der Waals surface area contributed by atoms with Crippen LogP contribution < -0.4 is 15.8 Å². The van der Waals surface area contributed by atoms with Gasteiger partial charge in [0, 0.05) is 28.9 Å². The maximum absolute atomic E-state index is 12.5. The number of hydrogen-bond donors (Lipinski definition) is 3. The number of imide groups is 1. The van der Waals surface area contributed by atoms with Crippen LogP contribution in [0.3, 0.4) is 0 Å². The summed E-state index contributed by atoms with van der Waals surface area (Å²) in [6.07, 6.45) is 1.54. The number of benzene rings is 3. The first-order valence-electron chi connectivity index (χ1n) is 9.54. The number of sulfonamides is 1. The van der Waals surface area contributed by atoms with E-state index in [1.54, 1.807) is 42.6 Å². The molecule has 1 heterocycles. The van der Waals surface area contributed by atoms with Crippen LogP contribution in [0, 0.1) is 0 Å². The molecule has 7 nitrogen and oxygen atoms in total. The van der Waals surface area contributed by atoms with Gasteiger partial charge in [-0.05, 0) is 53.1 Å². The summed E-state index contributed by atoms with van der Waals surface area (Å²) in [5.74, 6) is -0.962. The van der Waals surface area contributed by atoms with Gasteiger partial charge in [0.05, 0.1) is 10.5 Å². The van der Waals surface area contributed by atoms with Crippen LogP contribution in [-0.4, -0.2) is 20.2 Å². The molecule has 0 bridgehead atoms. The van der Waals surface area contributed by atoms with Crippen LogP contribution in [0.25, 0.3) is 16.7 Å². The van der Waals surface area contributed by atoms with Crippen molar-refractivity contribution in [2.75, 3.05) is 0 Å². The second kappa shape index (κ2) is 8.58. The monoisotopic (exact) mass is 467 g/mol. The number of nitrogens with two attached hydrogens (primary N) is 1. The van der Waals surface area contributed by atoms with Gasteiger partial charge in [0.15, 0.2) is 0 Å². The van der Waals surface area contributed by atoms with Gasteiger partial charge in [-0.3, -0.25) is 14.9 Å². The topological polar surface area (TPSA) is 118 Å².